The van der Waals surface area contributed by atoms with Crippen molar-refractivity contribution in [2.24, 2.45) is 10.7 Å². The molecule has 3 N–H and O–H groups in total. The summed E-state index contributed by atoms with van der Waals surface area (Å²) < 4.78 is 17.0. The molecule has 2 aromatic carbocycles. The van der Waals surface area contributed by atoms with Gasteiger partial charge in [0.2, 0.25) is 0 Å². The molecule has 0 radical (unpaired) electrons. The monoisotopic (exact) mass is 355 g/mol. The van der Waals surface area contributed by atoms with Crippen molar-refractivity contribution < 1.29 is 14.2 Å². The minimum atomic E-state index is 0.149. The fourth-order valence-electron chi connectivity index (χ4n) is 2.56. The maximum Gasteiger partial charge on any atom is 0.193 e. The van der Waals surface area contributed by atoms with Crippen molar-refractivity contribution in [1.29, 1.82) is 0 Å². The van der Waals surface area contributed by atoms with Crippen LogP contribution in [0.25, 0.3) is 0 Å². The first-order valence-corrected chi connectivity index (χ1v) is 8.82. The summed E-state index contributed by atoms with van der Waals surface area (Å²) in [6.45, 7) is 5.80. The van der Waals surface area contributed by atoms with Gasteiger partial charge in [-0.15, -0.1) is 0 Å². The highest BCUT2D eigenvalue weighted by atomic mass is 16.5. The maximum atomic E-state index is 5.99. The maximum absolute atomic E-state index is 5.99. The van der Waals surface area contributed by atoms with Gasteiger partial charge in [0.15, 0.2) is 17.5 Å². The van der Waals surface area contributed by atoms with Crippen LogP contribution in [0.4, 0.5) is 5.69 Å². The Labute approximate surface area is 154 Å². The van der Waals surface area contributed by atoms with E-state index >= 15 is 0 Å². The molecule has 0 aliphatic carbocycles. The van der Waals surface area contributed by atoms with E-state index in [4.69, 9.17) is 19.9 Å². The summed E-state index contributed by atoms with van der Waals surface area (Å²) in [6, 6.07) is 13.5. The first kappa shape index (κ1) is 17.9. The Kier molecular flexibility index (Phi) is 5.84. The topological polar surface area (TPSA) is 78.1 Å². The van der Waals surface area contributed by atoms with Crippen molar-refractivity contribution in [3.63, 3.8) is 0 Å². The SMILES string of the molecule is CC(C)Oc1ccc(NC(N)=NCc2ccc3c(c2)OCCCO3)cc1. The summed E-state index contributed by atoms with van der Waals surface area (Å²) in [5.74, 6) is 2.73. The lowest BCUT2D eigenvalue weighted by Crippen LogP contribution is -2.22. The number of rotatable bonds is 5. The van der Waals surface area contributed by atoms with Crippen LogP contribution in [-0.4, -0.2) is 25.3 Å². The lowest BCUT2D eigenvalue weighted by molar-refractivity contribution is 0.242. The Morgan fingerprint density at radius 2 is 1.85 bits per heavy atom. The molecule has 0 unspecified atom stereocenters. The van der Waals surface area contributed by atoms with Crippen molar-refractivity contribution in [2.45, 2.75) is 32.9 Å². The predicted molar refractivity (Wildman–Crippen MR) is 103 cm³/mol. The van der Waals surface area contributed by atoms with Gasteiger partial charge in [-0.1, -0.05) is 6.07 Å². The number of fused-ring (bicyclic) bond motifs is 1. The number of nitrogens with zero attached hydrogens (tertiary/aromatic N) is 1. The third-order valence-corrected chi connectivity index (χ3v) is 3.74. The second-order valence-corrected chi connectivity index (χ2v) is 6.35. The number of aliphatic imine (C=N–C) groups is 1. The van der Waals surface area contributed by atoms with Gasteiger partial charge >= 0.3 is 0 Å². The van der Waals surface area contributed by atoms with Crippen LogP contribution >= 0.6 is 0 Å². The van der Waals surface area contributed by atoms with Crippen molar-refractivity contribution in [1.82, 2.24) is 0 Å². The highest BCUT2D eigenvalue weighted by Crippen LogP contribution is 2.30. The van der Waals surface area contributed by atoms with Gasteiger partial charge in [-0.3, -0.25) is 0 Å². The lowest BCUT2D eigenvalue weighted by Gasteiger charge is -2.11. The average Bonchev–Trinajstić information content (AvgIpc) is 2.86. The molecule has 138 valence electrons. The van der Waals surface area contributed by atoms with Crippen molar-refractivity contribution in [3.05, 3.63) is 48.0 Å². The van der Waals surface area contributed by atoms with Crippen LogP contribution in [0.2, 0.25) is 0 Å². The molecule has 3 rings (SSSR count). The van der Waals surface area contributed by atoms with Crippen LogP contribution in [0, 0.1) is 0 Å². The molecule has 0 saturated carbocycles. The number of ether oxygens (including phenoxy) is 3. The first-order chi connectivity index (χ1) is 12.6. The highest BCUT2D eigenvalue weighted by molar-refractivity contribution is 5.92. The molecule has 0 saturated heterocycles. The molecule has 6 nitrogen and oxygen atoms in total. The zero-order valence-electron chi connectivity index (χ0n) is 15.2. The minimum absolute atomic E-state index is 0.149. The first-order valence-electron chi connectivity index (χ1n) is 8.82. The Balaban J connectivity index is 1.59. The van der Waals surface area contributed by atoms with Crippen LogP contribution in [0.5, 0.6) is 17.2 Å². The fraction of sp³-hybridized carbons (Fsp3) is 0.350. The van der Waals surface area contributed by atoms with Gasteiger partial charge in [0, 0.05) is 12.1 Å². The zero-order valence-corrected chi connectivity index (χ0v) is 15.2. The van der Waals surface area contributed by atoms with E-state index < -0.39 is 0 Å². The molecule has 0 fully saturated rings. The van der Waals surface area contributed by atoms with Gasteiger partial charge < -0.3 is 25.3 Å². The van der Waals surface area contributed by atoms with E-state index in [0.29, 0.717) is 25.7 Å². The Morgan fingerprint density at radius 1 is 1.12 bits per heavy atom. The van der Waals surface area contributed by atoms with Crippen molar-refractivity contribution >= 4 is 11.6 Å². The standard InChI is InChI=1S/C20H25N3O3/c1-14(2)26-17-7-5-16(6-8-17)23-20(21)22-13-15-4-9-18-19(12-15)25-11-3-10-24-18/h4-9,12,14H,3,10-11,13H2,1-2H3,(H3,21,22,23). The third-order valence-electron chi connectivity index (χ3n) is 3.74. The predicted octanol–water partition coefficient (Wildman–Crippen LogP) is 3.56. The van der Waals surface area contributed by atoms with Crippen LogP contribution in [0.3, 0.4) is 0 Å². The number of hydrogen-bond acceptors (Lipinski definition) is 4. The summed E-state index contributed by atoms with van der Waals surface area (Å²) in [5, 5.41) is 3.08. The average molecular weight is 355 g/mol. The van der Waals surface area contributed by atoms with Gasteiger partial charge in [0.25, 0.3) is 0 Å². The van der Waals surface area contributed by atoms with E-state index in [-0.39, 0.29) is 6.10 Å². The molecule has 6 heteroatoms. The number of nitrogens with one attached hydrogen (secondary N) is 1. The summed E-state index contributed by atoms with van der Waals surface area (Å²) in [7, 11) is 0. The van der Waals surface area contributed by atoms with E-state index in [1.807, 2.05) is 56.3 Å². The molecule has 0 atom stereocenters. The van der Waals surface area contributed by atoms with Gasteiger partial charge in [-0.25, -0.2) is 4.99 Å². The van der Waals surface area contributed by atoms with E-state index in [9.17, 15) is 0 Å². The summed E-state index contributed by atoms with van der Waals surface area (Å²) in [6.07, 6.45) is 1.04. The molecule has 0 amide bonds. The van der Waals surface area contributed by atoms with E-state index in [1.165, 1.54) is 0 Å². The smallest absolute Gasteiger partial charge is 0.193 e. The Morgan fingerprint density at radius 3 is 2.58 bits per heavy atom. The largest absolute Gasteiger partial charge is 0.491 e. The number of guanidine groups is 1. The molecule has 0 spiro atoms. The van der Waals surface area contributed by atoms with Crippen molar-refractivity contribution in [3.8, 4) is 17.2 Å². The summed E-state index contributed by atoms with van der Waals surface area (Å²) in [4.78, 5) is 4.39. The number of nitrogens with two attached hydrogens (primary N) is 1. The highest BCUT2D eigenvalue weighted by Gasteiger charge is 2.10. The molecule has 1 aliphatic heterocycles. The Hall–Kier alpha value is -2.89. The van der Waals surface area contributed by atoms with Crippen molar-refractivity contribution in [2.75, 3.05) is 18.5 Å². The molecular weight excluding hydrogens is 330 g/mol. The number of hydrogen-bond donors (Lipinski definition) is 2. The second kappa shape index (κ2) is 8.47. The molecule has 1 heterocycles. The number of anilines is 1. The van der Waals surface area contributed by atoms with Gasteiger partial charge in [-0.05, 0) is 55.8 Å². The molecule has 26 heavy (non-hydrogen) atoms. The third kappa shape index (κ3) is 5.05. The lowest BCUT2D eigenvalue weighted by atomic mass is 10.2. The fourth-order valence-corrected chi connectivity index (χ4v) is 2.56. The molecule has 2 aromatic rings. The normalized spacial score (nSPS) is 14.0. The quantitative estimate of drug-likeness (QED) is 0.633. The van der Waals surface area contributed by atoms with Crippen LogP contribution in [-0.2, 0) is 6.54 Å². The van der Waals surface area contributed by atoms with Gasteiger partial charge in [0.1, 0.15) is 5.75 Å². The second-order valence-electron chi connectivity index (χ2n) is 6.35. The van der Waals surface area contributed by atoms with E-state index in [0.717, 1.165) is 34.9 Å². The van der Waals surface area contributed by atoms with Crippen LogP contribution in [0.15, 0.2) is 47.5 Å². The van der Waals surface area contributed by atoms with Gasteiger partial charge in [-0.2, -0.15) is 0 Å². The molecule has 0 aromatic heterocycles. The summed E-state index contributed by atoms with van der Waals surface area (Å²) >= 11 is 0. The van der Waals surface area contributed by atoms with E-state index in [2.05, 4.69) is 10.3 Å². The van der Waals surface area contributed by atoms with Crippen LogP contribution < -0.4 is 25.3 Å². The number of benzene rings is 2. The molecule has 0 bridgehead atoms. The van der Waals surface area contributed by atoms with Gasteiger partial charge in [0.05, 0.1) is 25.9 Å². The Bertz CT molecular complexity index is 757. The van der Waals surface area contributed by atoms with Crippen LogP contribution in [0.1, 0.15) is 25.8 Å². The summed E-state index contributed by atoms with van der Waals surface area (Å²) in [5.41, 5.74) is 7.86. The molecule has 1 aliphatic rings. The zero-order chi connectivity index (χ0) is 18.4. The minimum Gasteiger partial charge on any atom is -0.491 e. The van der Waals surface area contributed by atoms with E-state index in [1.54, 1.807) is 0 Å². The molecular formula is C20H25N3O3.